The average molecular weight is 489 g/mol. The summed E-state index contributed by atoms with van der Waals surface area (Å²) in [6, 6.07) is 5.61. The summed E-state index contributed by atoms with van der Waals surface area (Å²) in [7, 11) is 1.74. The van der Waals surface area contributed by atoms with Gasteiger partial charge in [0.15, 0.2) is 5.82 Å². The van der Waals surface area contributed by atoms with Gasteiger partial charge in [-0.15, -0.1) is 0 Å². The van der Waals surface area contributed by atoms with Gasteiger partial charge in [-0.25, -0.2) is 9.78 Å². The smallest absolute Gasteiger partial charge is 0.328 e. The zero-order valence-electron chi connectivity index (χ0n) is 20.1. The molecule has 10 heteroatoms. The minimum Gasteiger partial charge on any atom is -0.394 e. The van der Waals surface area contributed by atoms with Gasteiger partial charge < -0.3 is 20.4 Å². The van der Waals surface area contributed by atoms with Gasteiger partial charge in [-0.3, -0.25) is 9.13 Å². The van der Waals surface area contributed by atoms with E-state index >= 15 is 0 Å². The summed E-state index contributed by atoms with van der Waals surface area (Å²) in [5.74, 6) is 1.33. The maximum absolute atomic E-state index is 12.8. The van der Waals surface area contributed by atoms with Gasteiger partial charge in [-0.05, 0) is 57.2 Å². The molecule has 0 bridgehead atoms. The fraction of sp³-hybridized carbons (Fsp3) is 0.542. The number of halogens is 1. The molecule has 3 heterocycles. The van der Waals surface area contributed by atoms with Crippen molar-refractivity contribution in [2.45, 2.75) is 58.2 Å². The zero-order chi connectivity index (χ0) is 24.6. The number of nitrogens with one attached hydrogen (secondary N) is 1. The Morgan fingerprint density at radius 1 is 1.29 bits per heavy atom. The summed E-state index contributed by atoms with van der Waals surface area (Å²) in [5.41, 5.74) is 1.28. The third-order valence-electron chi connectivity index (χ3n) is 6.65. The van der Waals surface area contributed by atoms with Gasteiger partial charge in [0.2, 0.25) is 5.95 Å². The highest BCUT2D eigenvalue weighted by Crippen LogP contribution is 2.30. The first-order valence-electron chi connectivity index (χ1n) is 11.7. The van der Waals surface area contributed by atoms with E-state index in [0.29, 0.717) is 35.7 Å². The third kappa shape index (κ3) is 4.92. The number of hydrogen-bond donors (Lipinski definition) is 3. The number of piperidine rings is 1. The van der Waals surface area contributed by atoms with Crippen LogP contribution >= 0.6 is 11.6 Å². The number of rotatable bonds is 7. The van der Waals surface area contributed by atoms with Gasteiger partial charge in [0, 0.05) is 25.8 Å². The van der Waals surface area contributed by atoms with E-state index in [2.05, 4.69) is 22.2 Å². The van der Waals surface area contributed by atoms with Crippen molar-refractivity contribution < 1.29 is 10.2 Å². The highest BCUT2D eigenvalue weighted by atomic mass is 35.5. The van der Waals surface area contributed by atoms with Crippen molar-refractivity contribution in [3.63, 3.8) is 0 Å². The highest BCUT2D eigenvalue weighted by molar-refractivity contribution is 6.32. The SMILES string of the molecule is CC1CCCN(c2ncc(Cl)c(Nc3ccc4c(c3)n(CCC(C)(C)O)c(=O)n4C)n2)C1CO. The maximum Gasteiger partial charge on any atom is 0.328 e. The monoisotopic (exact) mass is 488 g/mol. The molecule has 9 nitrogen and oxygen atoms in total. The Hall–Kier alpha value is -2.62. The molecule has 1 aromatic carbocycles. The molecule has 1 saturated heterocycles. The van der Waals surface area contributed by atoms with Gasteiger partial charge in [-0.1, -0.05) is 18.5 Å². The van der Waals surface area contributed by atoms with Crippen LogP contribution < -0.4 is 15.9 Å². The quantitative estimate of drug-likeness (QED) is 0.468. The van der Waals surface area contributed by atoms with Crippen LogP contribution in [0.5, 0.6) is 0 Å². The molecule has 34 heavy (non-hydrogen) atoms. The van der Waals surface area contributed by atoms with Gasteiger partial charge in [0.05, 0.1) is 35.5 Å². The number of hydrogen-bond acceptors (Lipinski definition) is 7. The Morgan fingerprint density at radius 3 is 2.76 bits per heavy atom. The first-order valence-corrected chi connectivity index (χ1v) is 12.1. The number of aryl methyl sites for hydroxylation is 2. The molecule has 0 saturated carbocycles. The molecule has 1 fully saturated rings. The Kier molecular flexibility index (Phi) is 6.89. The zero-order valence-corrected chi connectivity index (χ0v) is 20.9. The maximum atomic E-state index is 12.8. The lowest BCUT2D eigenvalue weighted by atomic mass is 9.91. The summed E-state index contributed by atoms with van der Waals surface area (Å²) in [4.78, 5) is 23.9. The normalized spacial score (nSPS) is 19.1. The summed E-state index contributed by atoms with van der Waals surface area (Å²) in [6.45, 7) is 6.82. The van der Waals surface area contributed by atoms with E-state index in [9.17, 15) is 15.0 Å². The molecule has 0 amide bonds. The van der Waals surface area contributed by atoms with Crippen molar-refractivity contribution in [3.8, 4) is 0 Å². The van der Waals surface area contributed by atoms with Crippen molar-refractivity contribution in [2.75, 3.05) is 23.4 Å². The van der Waals surface area contributed by atoms with E-state index in [0.717, 1.165) is 36.1 Å². The fourth-order valence-corrected chi connectivity index (χ4v) is 4.72. The second-order valence-corrected chi connectivity index (χ2v) is 10.2. The van der Waals surface area contributed by atoms with E-state index < -0.39 is 5.60 Å². The number of imidazole rings is 1. The molecule has 0 radical (unpaired) electrons. The molecule has 2 aromatic heterocycles. The Labute approximate surface area is 204 Å². The van der Waals surface area contributed by atoms with Gasteiger partial charge in [-0.2, -0.15) is 4.98 Å². The summed E-state index contributed by atoms with van der Waals surface area (Å²) >= 11 is 6.42. The molecule has 184 valence electrons. The molecule has 4 rings (SSSR count). The summed E-state index contributed by atoms with van der Waals surface area (Å²) in [5, 5.41) is 23.7. The average Bonchev–Trinajstić information content (AvgIpc) is 3.02. The summed E-state index contributed by atoms with van der Waals surface area (Å²) < 4.78 is 3.28. The standard InChI is InChI=1S/C24H33ClN6O3/c1-15-6-5-10-30(20(15)14-32)22-26-13-17(25)21(28-22)27-16-7-8-18-19(12-16)31(23(33)29(18)4)11-9-24(2,3)34/h7-8,12-13,15,20,32,34H,5-6,9-11,14H2,1-4H3,(H,26,27,28). The molecule has 2 unspecified atom stereocenters. The van der Waals surface area contributed by atoms with E-state index in [1.807, 2.05) is 23.1 Å². The van der Waals surface area contributed by atoms with E-state index in [4.69, 9.17) is 11.6 Å². The predicted octanol–water partition coefficient (Wildman–Crippen LogP) is 3.29. The molecule has 1 aliphatic rings. The molecule has 0 spiro atoms. The lowest BCUT2D eigenvalue weighted by Gasteiger charge is -2.39. The van der Waals surface area contributed by atoms with Gasteiger partial charge in [0.1, 0.15) is 5.02 Å². The lowest BCUT2D eigenvalue weighted by molar-refractivity contribution is 0.0662. The van der Waals surface area contributed by atoms with Crippen LogP contribution in [0.1, 0.15) is 40.0 Å². The number of benzene rings is 1. The van der Waals surface area contributed by atoms with Crippen LogP contribution in [0, 0.1) is 5.92 Å². The Morgan fingerprint density at radius 2 is 2.06 bits per heavy atom. The Balaban J connectivity index is 1.66. The topological polar surface area (TPSA) is 108 Å². The van der Waals surface area contributed by atoms with E-state index in [1.54, 1.807) is 36.2 Å². The lowest BCUT2D eigenvalue weighted by Crippen LogP contribution is -2.47. The second kappa shape index (κ2) is 9.56. The van der Waals surface area contributed by atoms with Crippen molar-refractivity contribution in [1.82, 2.24) is 19.1 Å². The number of nitrogens with zero attached hydrogens (tertiary/aromatic N) is 5. The van der Waals surface area contributed by atoms with Crippen LogP contribution in [0.2, 0.25) is 5.02 Å². The van der Waals surface area contributed by atoms with Crippen LogP contribution in [0.15, 0.2) is 29.2 Å². The van der Waals surface area contributed by atoms with Crippen molar-refractivity contribution >= 4 is 40.1 Å². The fourth-order valence-electron chi connectivity index (χ4n) is 4.59. The number of aliphatic hydroxyl groups is 2. The molecular formula is C24H33ClN6O3. The molecular weight excluding hydrogens is 456 g/mol. The van der Waals surface area contributed by atoms with Crippen LogP contribution in [0.25, 0.3) is 11.0 Å². The second-order valence-electron chi connectivity index (χ2n) is 9.81. The predicted molar refractivity (Wildman–Crippen MR) is 135 cm³/mol. The van der Waals surface area contributed by atoms with Crippen molar-refractivity contribution in [2.24, 2.45) is 13.0 Å². The van der Waals surface area contributed by atoms with Crippen molar-refractivity contribution in [3.05, 3.63) is 39.9 Å². The van der Waals surface area contributed by atoms with Crippen molar-refractivity contribution in [1.29, 1.82) is 0 Å². The largest absolute Gasteiger partial charge is 0.394 e. The van der Waals surface area contributed by atoms with Gasteiger partial charge >= 0.3 is 5.69 Å². The third-order valence-corrected chi connectivity index (χ3v) is 6.92. The molecule has 1 aliphatic heterocycles. The minimum atomic E-state index is -0.874. The van der Waals surface area contributed by atoms with E-state index in [1.165, 1.54) is 0 Å². The number of anilines is 3. The molecule has 2 atom stereocenters. The number of fused-ring (bicyclic) bond motifs is 1. The molecule has 0 aliphatic carbocycles. The highest BCUT2D eigenvalue weighted by Gasteiger charge is 2.30. The Bertz CT molecular complexity index is 1230. The molecule has 3 N–H and O–H groups in total. The van der Waals surface area contributed by atoms with Crippen LogP contribution in [0.3, 0.4) is 0 Å². The number of aromatic nitrogens is 4. The minimum absolute atomic E-state index is 0.0337. The molecule has 3 aromatic rings. The summed E-state index contributed by atoms with van der Waals surface area (Å²) in [6.07, 6.45) is 4.09. The first kappa shape index (κ1) is 24.5. The first-order chi connectivity index (χ1) is 16.1. The van der Waals surface area contributed by atoms with Gasteiger partial charge in [0.25, 0.3) is 0 Å². The van der Waals surface area contributed by atoms with Crippen LogP contribution in [0.4, 0.5) is 17.5 Å². The van der Waals surface area contributed by atoms with Crippen LogP contribution in [-0.2, 0) is 13.6 Å². The number of aliphatic hydroxyl groups excluding tert-OH is 1. The van der Waals surface area contributed by atoms with E-state index in [-0.39, 0.29) is 18.3 Å². The van der Waals surface area contributed by atoms with Crippen LogP contribution in [-0.4, -0.2) is 54.1 Å².